The first-order chi connectivity index (χ1) is 7.34. The first-order valence-corrected chi connectivity index (χ1v) is 5.44. The van der Waals surface area contributed by atoms with E-state index in [9.17, 15) is 4.79 Å². The van der Waals surface area contributed by atoms with Crippen LogP contribution in [0.15, 0.2) is 0 Å². The number of unbranched alkanes of at least 4 members (excludes halogenated alkanes) is 1. The van der Waals surface area contributed by atoms with Crippen molar-refractivity contribution in [3.8, 4) is 0 Å². The molecule has 15 heavy (non-hydrogen) atoms. The third-order valence-electron chi connectivity index (χ3n) is 2.34. The standard InChI is InChI=1S/C10H20N2O3/c1-14-8-9-15-7-3-2-5-12-6-4-11-10(12)13/h2-9H2,1H3,(H,11,13). The number of methoxy groups -OCH3 is 1. The Hall–Kier alpha value is -0.810. The van der Waals surface area contributed by atoms with Crippen molar-refractivity contribution in [3.05, 3.63) is 0 Å². The molecule has 5 heteroatoms. The molecule has 0 saturated carbocycles. The minimum absolute atomic E-state index is 0.0651. The summed E-state index contributed by atoms with van der Waals surface area (Å²) in [6, 6.07) is 0.0651. The van der Waals surface area contributed by atoms with Gasteiger partial charge >= 0.3 is 6.03 Å². The molecule has 0 atom stereocenters. The minimum Gasteiger partial charge on any atom is -0.382 e. The first-order valence-electron chi connectivity index (χ1n) is 5.44. The average Bonchev–Trinajstić information content (AvgIpc) is 2.63. The fourth-order valence-corrected chi connectivity index (χ4v) is 1.48. The van der Waals surface area contributed by atoms with E-state index in [1.807, 2.05) is 4.90 Å². The monoisotopic (exact) mass is 216 g/mol. The number of hydrogen-bond donors (Lipinski definition) is 1. The lowest BCUT2D eigenvalue weighted by atomic mass is 10.3. The molecule has 0 spiro atoms. The SMILES string of the molecule is COCCOCCCCN1CCNC1=O. The molecule has 1 rings (SSSR count). The van der Waals surface area contributed by atoms with E-state index >= 15 is 0 Å². The van der Waals surface area contributed by atoms with Crippen LogP contribution in [0.25, 0.3) is 0 Å². The molecule has 2 amide bonds. The highest BCUT2D eigenvalue weighted by Gasteiger charge is 2.17. The van der Waals surface area contributed by atoms with Crippen LogP contribution in [0.3, 0.4) is 0 Å². The summed E-state index contributed by atoms with van der Waals surface area (Å²) in [7, 11) is 1.66. The van der Waals surface area contributed by atoms with Crippen LogP contribution < -0.4 is 5.32 Å². The highest BCUT2D eigenvalue weighted by molar-refractivity contribution is 5.76. The number of ether oxygens (including phenoxy) is 2. The first kappa shape index (κ1) is 12.3. The largest absolute Gasteiger partial charge is 0.382 e. The van der Waals surface area contributed by atoms with E-state index < -0.39 is 0 Å². The quantitative estimate of drug-likeness (QED) is 0.599. The van der Waals surface area contributed by atoms with Crippen molar-refractivity contribution in [1.82, 2.24) is 10.2 Å². The maximum Gasteiger partial charge on any atom is 0.317 e. The molecule has 0 unspecified atom stereocenters. The van der Waals surface area contributed by atoms with Crippen molar-refractivity contribution >= 4 is 6.03 Å². The molecule has 0 aromatic rings. The Bertz CT molecular complexity index is 188. The molecule has 1 aliphatic rings. The average molecular weight is 216 g/mol. The number of carbonyl (C=O) groups excluding carboxylic acids is 1. The molecule has 0 aliphatic carbocycles. The van der Waals surface area contributed by atoms with E-state index in [0.717, 1.165) is 39.1 Å². The molecule has 88 valence electrons. The molecule has 5 nitrogen and oxygen atoms in total. The topological polar surface area (TPSA) is 50.8 Å². The third kappa shape index (κ3) is 4.99. The molecular formula is C10H20N2O3. The molecule has 1 fully saturated rings. The zero-order valence-electron chi connectivity index (χ0n) is 9.33. The number of nitrogens with one attached hydrogen (secondary N) is 1. The molecular weight excluding hydrogens is 196 g/mol. The smallest absolute Gasteiger partial charge is 0.317 e. The number of nitrogens with zero attached hydrogens (tertiary/aromatic N) is 1. The van der Waals surface area contributed by atoms with Gasteiger partial charge in [-0.05, 0) is 12.8 Å². The number of amides is 2. The van der Waals surface area contributed by atoms with Gasteiger partial charge in [0.1, 0.15) is 0 Å². The van der Waals surface area contributed by atoms with Crippen LogP contribution >= 0.6 is 0 Å². The van der Waals surface area contributed by atoms with Gasteiger partial charge in [0, 0.05) is 33.4 Å². The van der Waals surface area contributed by atoms with E-state index in [1.54, 1.807) is 7.11 Å². The summed E-state index contributed by atoms with van der Waals surface area (Å²) in [5, 5.41) is 2.78. The highest BCUT2D eigenvalue weighted by atomic mass is 16.5. The summed E-state index contributed by atoms with van der Waals surface area (Å²) in [5.41, 5.74) is 0. The molecule has 0 radical (unpaired) electrons. The maximum absolute atomic E-state index is 11.1. The zero-order valence-corrected chi connectivity index (χ0v) is 9.33. The van der Waals surface area contributed by atoms with Crippen molar-refractivity contribution in [2.45, 2.75) is 12.8 Å². The number of hydrogen-bond acceptors (Lipinski definition) is 3. The Labute approximate surface area is 90.7 Å². The number of carbonyl (C=O) groups is 1. The van der Waals surface area contributed by atoms with Crippen LogP contribution in [0.5, 0.6) is 0 Å². The van der Waals surface area contributed by atoms with E-state index in [-0.39, 0.29) is 6.03 Å². The summed E-state index contributed by atoms with van der Waals surface area (Å²) in [4.78, 5) is 13.0. The normalized spacial score (nSPS) is 15.8. The van der Waals surface area contributed by atoms with Gasteiger partial charge in [0.25, 0.3) is 0 Å². The van der Waals surface area contributed by atoms with Crippen molar-refractivity contribution in [1.29, 1.82) is 0 Å². The Morgan fingerprint density at radius 3 is 2.87 bits per heavy atom. The Kier molecular flexibility index (Phi) is 6.11. The van der Waals surface area contributed by atoms with Crippen LogP contribution in [-0.4, -0.2) is 57.5 Å². The van der Waals surface area contributed by atoms with Crippen molar-refractivity contribution in [3.63, 3.8) is 0 Å². The molecule has 1 aliphatic heterocycles. The zero-order chi connectivity index (χ0) is 10.9. The predicted molar refractivity (Wildman–Crippen MR) is 56.9 cm³/mol. The van der Waals surface area contributed by atoms with E-state index in [1.165, 1.54) is 0 Å². The summed E-state index contributed by atoms with van der Waals surface area (Å²) in [6.45, 7) is 4.50. The molecule has 1 heterocycles. The molecule has 0 aromatic carbocycles. The lowest BCUT2D eigenvalue weighted by Crippen LogP contribution is -2.29. The lowest BCUT2D eigenvalue weighted by molar-refractivity contribution is 0.0681. The van der Waals surface area contributed by atoms with Crippen molar-refractivity contribution in [2.24, 2.45) is 0 Å². The molecule has 1 N–H and O–H groups in total. The Morgan fingerprint density at radius 1 is 1.33 bits per heavy atom. The van der Waals surface area contributed by atoms with Gasteiger partial charge in [-0.1, -0.05) is 0 Å². The fraction of sp³-hybridized carbons (Fsp3) is 0.900. The van der Waals surface area contributed by atoms with Gasteiger partial charge in [-0.25, -0.2) is 4.79 Å². The van der Waals surface area contributed by atoms with Crippen LogP contribution in [0.1, 0.15) is 12.8 Å². The Morgan fingerprint density at radius 2 is 2.20 bits per heavy atom. The van der Waals surface area contributed by atoms with Gasteiger partial charge in [-0.2, -0.15) is 0 Å². The van der Waals surface area contributed by atoms with Gasteiger partial charge in [0.05, 0.1) is 13.2 Å². The second-order valence-electron chi connectivity index (χ2n) is 3.53. The number of urea groups is 1. The van der Waals surface area contributed by atoms with Crippen LogP contribution in [0.2, 0.25) is 0 Å². The van der Waals surface area contributed by atoms with E-state index in [4.69, 9.17) is 9.47 Å². The minimum atomic E-state index is 0.0651. The van der Waals surface area contributed by atoms with Crippen molar-refractivity contribution in [2.75, 3.05) is 46.6 Å². The summed E-state index contributed by atoms with van der Waals surface area (Å²) < 4.78 is 10.2. The lowest BCUT2D eigenvalue weighted by Gasteiger charge is -2.13. The second kappa shape index (κ2) is 7.48. The third-order valence-corrected chi connectivity index (χ3v) is 2.34. The summed E-state index contributed by atoms with van der Waals surface area (Å²) in [6.07, 6.45) is 1.99. The Balaban J connectivity index is 1.86. The predicted octanol–water partition coefficient (Wildman–Crippen LogP) is 0.455. The molecule has 0 aromatic heterocycles. The maximum atomic E-state index is 11.1. The van der Waals surface area contributed by atoms with Gasteiger partial charge < -0.3 is 19.7 Å². The van der Waals surface area contributed by atoms with E-state index in [0.29, 0.717) is 13.2 Å². The molecule has 1 saturated heterocycles. The van der Waals surface area contributed by atoms with Gasteiger partial charge in [-0.15, -0.1) is 0 Å². The van der Waals surface area contributed by atoms with Crippen LogP contribution in [0, 0.1) is 0 Å². The van der Waals surface area contributed by atoms with Crippen LogP contribution in [0.4, 0.5) is 4.79 Å². The van der Waals surface area contributed by atoms with Gasteiger partial charge in [0.15, 0.2) is 0 Å². The highest BCUT2D eigenvalue weighted by Crippen LogP contribution is 2.00. The summed E-state index contributed by atoms with van der Waals surface area (Å²) >= 11 is 0. The van der Waals surface area contributed by atoms with Gasteiger partial charge in [-0.3, -0.25) is 0 Å². The van der Waals surface area contributed by atoms with Gasteiger partial charge in [0.2, 0.25) is 0 Å². The van der Waals surface area contributed by atoms with Crippen molar-refractivity contribution < 1.29 is 14.3 Å². The molecule has 0 bridgehead atoms. The number of rotatable bonds is 8. The fourth-order valence-electron chi connectivity index (χ4n) is 1.48. The second-order valence-corrected chi connectivity index (χ2v) is 3.53. The van der Waals surface area contributed by atoms with Crippen LogP contribution in [-0.2, 0) is 9.47 Å². The van der Waals surface area contributed by atoms with E-state index in [2.05, 4.69) is 5.32 Å². The summed E-state index contributed by atoms with van der Waals surface area (Å²) in [5.74, 6) is 0.